The van der Waals surface area contributed by atoms with Crippen LogP contribution in [0, 0.1) is 17.0 Å². The van der Waals surface area contributed by atoms with E-state index in [-0.39, 0.29) is 11.4 Å². The molecular weight excluding hydrogens is 274 g/mol. The molecule has 1 heterocycles. The summed E-state index contributed by atoms with van der Waals surface area (Å²) in [6, 6.07) is 8.04. The Morgan fingerprint density at radius 1 is 1.38 bits per heavy atom. The zero-order valence-electron chi connectivity index (χ0n) is 11.2. The second kappa shape index (κ2) is 6.00. The van der Waals surface area contributed by atoms with Gasteiger partial charge in [0, 0.05) is 18.3 Å². The van der Waals surface area contributed by atoms with E-state index in [1.807, 2.05) is 0 Å². The fraction of sp³-hybridized carbons (Fsp3) is 0.143. The zero-order chi connectivity index (χ0) is 15.4. The number of nitrogens with zero attached hydrogens (tertiary/aromatic N) is 2. The maximum atomic E-state index is 11.1. The van der Waals surface area contributed by atoms with Crippen LogP contribution in [0.1, 0.15) is 21.6 Å². The Labute approximate surface area is 120 Å². The molecule has 7 heteroatoms. The first kappa shape index (κ1) is 14.4. The Morgan fingerprint density at radius 3 is 2.71 bits per heavy atom. The van der Waals surface area contributed by atoms with Crippen LogP contribution in [0.3, 0.4) is 0 Å². The molecule has 0 aliphatic carbocycles. The lowest BCUT2D eigenvalue weighted by Gasteiger charge is -2.08. The number of nitro groups is 1. The number of aromatic carboxylic acids is 1. The number of aromatic nitrogens is 1. The summed E-state index contributed by atoms with van der Waals surface area (Å²) in [4.78, 5) is 25.1. The average molecular weight is 287 g/mol. The molecule has 0 aliphatic rings. The number of nitro benzene ring substituents is 1. The molecule has 0 atom stereocenters. The molecular formula is C14H13N3O4. The van der Waals surface area contributed by atoms with Gasteiger partial charge in [0.1, 0.15) is 11.4 Å². The number of carboxylic acid groups (broad SMARTS) is 1. The summed E-state index contributed by atoms with van der Waals surface area (Å²) in [7, 11) is 0. The highest BCUT2D eigenvalue weighted by Crippen LogP contribution is 2.28. The van der Waals surface area contributed by atoms with E-state index in [2.05, 4.69) is 10.3 Å². The Morgan fingerprint density at radius 2 is 2.14 bits per heavy atom. The second-order valence-electron chi connectivity index (χ2n) is 4.44. The molecule has 0 radical (unpaired) electrons. The minimum atomic E-state index is -1.09. The molecule has 7 nitrogen and oxygen atoms in total. The zero-order valence-corrected chi connectivity index (χ0v) is 11.2. The minimum Gasteiger partial charge on any atom is -0.477 e. The van der Waals surface area contributed by atoms with Gasteiger partial charge in [-0.3, -0.25) is 10.1 Å². The molecule has 0 fully saturated rings. The summed E-state index contributed by atoms with van der Waals surface area (Å²) in [5, 5.41) is 22.8. The topological polar surface area (TPSA) is 105 Å². The van der Waals surface area contributed by atoms with Crippen molar-refractivity contribution in [2.45, 2.75) is 13.5 Å². The van der Waals surface area contributed by atoms with Crippen LogP contribution in [0.5, 0.6) is 0 Å². The van der Waals surface area contributed by atoms with Gasteiger partial charge >= 0.3 is 5.97 Å². The second-order valence-corrected chi connectivity index (χ2v) is 4.44. The molecule has 2 aromatic rings. The van der Waals surface area contributed by atoms with E-state index in [4.69, 9.17) is 5.11 Å². The molecule has 2 rings (SSSR count). The van der Waals surface area contributed by atoms with Gasteiger partial charge in [0.2, 0.25) is 0 Å². The van der Waals surface area contributed by atoms with Gasteiger partial charge in [-0.1, -0.05) is 18.2 Å². The Kier molecular flexibility index (Phi) is 4.13. The van der Waals surface area contributed by atoms with Gasteiger partial charge in [-0.25, -0.2) is 9.78 Å². The molecule has 0 unspecified atom stereocenters. The van der Waals surface area contributed by atoms with Crippen LogP contribution < -0.4 is 5.32 Å². The van der Waals surface area contributed by atoms with Crippen molar-refractivity contribution in [3.8, 4) is 0 Å². The van der Waals surface area contributed by atoms with Gasteiger partial charge in [-0.15, -0.1) is 0 Å². The third kappa shape index (κ3) is 3.33. The normalized spacial score (nSPS) is 10.1. The smallest absolute Gasteiger partial charge is 0.354 e. The maximum absolute atomic E-state index is 11.1. The van der Waals surface area contributed by atoms with Crippen molar-refractivity contribution in [3.05, 3.63) is 63.5 Å². The number of anilines is 1. The van der Waals surface area contributed by atoms with E-state index in [9.17, 15) is 14.9 Å². The number of rotatable bonds is 5. The SMILES string of the molecule is Cc1cccc(NCc2ccc(C(=O)O)nc2)c1[N+](=O)[O-]. The third-order valence-electron chi connectivity index (χ3n) is 2.95. The van der Waals surface area contributed by atoms with Crippen LogP contribution in [0.25, 0.3) is 0 Å². The summed E-state index contributed by atoms with van der Waals surface area (Å²) in [5.74, 6) is -1.09. The van der Waals surface area contributed by atoms with E-state index in [1.54, 1.807) is 31.2 Å². The lowest BCUT2D eigenvalue weighted by atomic mass is 10.1. The first-order valence-corrected chi connectivity index (χ1v) is 6.15. The highest BCUT2D eigenvalue weighted by atomic mass is 16.6. The van der Waals surface area contributed by atoms with Gasteiger partial charge in [0.25, 0.3) is 5.69 Å². The monoisotopic (exact) mass is 287 g/mol. The number of carboxylic acids is 1. The van der Waals surface area contributed by atoms with Crippen molar-refractivity contribution in [2.24, 2.45) is 0 Å². The molecule has 0 spiro atoms. The number of nitrogens with one attached hydrogen (secondary N) is 1. The van der Waals surface area contributed by atoms with Crippen molar-refractivity contribution in [2.75, 3.05) is 5.32 Å². The van der Waals surface area contributed by atoms with Crippen molar-refractivity contribution in [3.63, 3.8) is 0 Å². The lowest BCUT2D eigenvalue weighted by molar-refractivity contribution is -0.384. The van der Waals surface area contributed by atoms with Gasteiger partial charge in [-0.2, -0.15) is 0 Å². The standard InChI is InChI=1S/C14H13N3O4/c1-9-3-2-4-11(13(9)17(20)21)15-7-10-5-6-12(14(18)19)16-8-10/h2-6,8,15H,7H2,1H3,(H,18,19). The Hall–Kier alpha value is -2.96. The van der Waals surface area contributed by atoms with E-state index in [1.165, 1.54) is 12.3 Å². The molecule has 0 saturated carbocycles. The van der Waals surface area contributed by atoms with E-state index < -0.39 is 10.9 Å². The van der Waals surface area contributed by atoms with Crippen LogP contribution in [-0.2, 0) is 6.54 Å². The molecule has 0 aliphatic heterocycles. The van der Waals surface area contributed by atoms with Crippen LogP contribution in [-0.4, -0.2) is 21.0 Å². The largest absolute Gasteiger partial charge is 0.477 e. The van der Waals surface area contributed by atoms with Crippen molar-refractivity contribution in [1.29, 1.82) is 0 Å². The van der Waals surface area contributed by atoms with E-state index >= 15 is 0 Å². The quantitative estimate of drug-likeness (QED) is 0.646. The van der Waals surface area contributed by atoms with E-state index in [0.717, 1.165) is 5.56 Å². The molecule has 0 bridgehead atoms. The number of para-hydroxylation sites is 1. The molecule has 0 saturated heterocycles. The number of aryl methyl sites for hydroxylation is 1. The summed E-state index contributed by atoms with van der Waals surface area (Å²) in [6.45, 7) is 1.99. The fourth-order valence-corrected chi connectivity index (χ4v) is 1.90. The predicted molar refractivity (Wildman–Crippen MR) is 76.4 cm³/mol. The first-order valence-electron chi connectivity index (χ1n) is 6.15. The number of hydrogen-bond donors (Lipinski definition) is 2. The Balaban J connectivity index is 2.15. The highest BCUT2D eigenvalue weighted by molar-refractivity contribution is 5.85. The number of pyridine rings is 1. The predicted octanol–water partition coefficient (Wildman–Crippen LogP) is 2.61. The minimum absolute atomic E-state index is 0.0348. The van der Waals surface area contributed by atoms with Gasteiger partial charge in [0.05, 0.1) is 4.92 Å². The Bertz CT molecular complexity index is 683. The van der Waals surface area contributed by atoms with Gasteiger partial charge < -0.3 is 10.4 Å². The molecule has 2 N–H and O–H groups in total. The van der Waals surface area contributed by atoms with Crippen LogP contribution >= 0.6 is 0 Å². The van der Waals surface area contributed by atoms with Crippen molar-refractivity contribution >= 4 is 17.3 Å². The van der Waals surface area contributed by atoms with Gasteiger partial charge in [-0.05, 0) is 24.6 Å². The number of benzene rings is 1. The fourth-order valence-electron chi connectivity index (χ4n) is 1.90. The van der Waals surface area contributed by atoms with E-state index in [0.29, 0.717) is 17.8 Å². The summed E-state index contributed by atoms with van der Waals surface area (Å²) < 4.78 is 0. The van der Waals surface area contributed by atoms with Crippen LogP contribution in [0.2, 0.25) is 0 Å². The number of hydrogen-bond acceptors (Lipinski definition) is 5. The molecule has 1 aromatic carbocycles. The third-order valence-corrected chi connectivity index (χ3v) is 2.95. The highest BCUT2D eigenvalue weighted by Gasteiger charge is 2.16. The van der Waals surface area contributed by atoms with Crippen molar-refractivity contribution < 1.29 is 14.8 Å². The average Bonchev–Trinajstić information content (AvgIpc) is 2.45. The first-order chi connectivity index (χ1) is 9.99. The number of carbonyl (C=O) groups is 1. The summed E-state index contributed by atoms with van der Waals surface area (Å²) in [5.41, 5.74) is 1.72. The molecule has 108 valence electrons. The molecule has 1 aromatic heterocycles. The molecule has 21 heavy (non-hydrogen) atoms. The van der Waals surface area contributed by atoms with Crippen LogP contribution in [0.4, 0.5) is 11.4 Å². The summed E-state index contributed by atoms with van der Waals surface area (Å²) in [6.07, 6.45) is 1.43. The van der Waals surface area contributed by atoms with Crippen LogP contribution in [0.15, 0.2) is 36.5 Å². The van der Waals surface area contributed by atoms with Crippen molar-refractivity contribution in [1.82, 2.24) is 4.98 Å². The maximum Gasteiger partial charge on any atom is 0.354 e. The molecule has 0 amide bonds. The van der Waals surface area contributed by atoms with Gasteiger partial charge in [0.15, 0.2) is 0 Å². The summed E-state index contributed by atoms with van der Waals surface area (Å²) >= 11 is 0. The lowest BCUT2D eigenvalue weighted by Crippen LogP contribution is -2.05.